The molecule has 0 spiro atoms. The van der Waals surface area contributed by atoms with E-state index in [0.717, 1.165) is 12.2 Å². The predicted molar refractivity (Wildman–Crippen MR) is 133 cm³/mol. The Morgan fingerprint density at radius 1 is 1.21 bits per heavy atom. The first-order valence-corrected chi connectivity index (χ1v) is 11.0. The zero-order valence-electron chi connectivity index (χ0n) is 18.6. The number of likely N-dealkylation sites (N-methyl/N-ethyl adjacent to an activating group) is 1. The number of phenols is 2. The number of nitrogens with zero attached hydrogens (tertiary/aromatic N) is 1. The van der Waals surface area contributed by atoms with E-state index in [2.05, 4.69) is 5.32 Å². The van der Waals surface area contributed by atoms with Gasteiger partial charge in [-0.25, -0.2) is 0 Å². The summed E-state index contributed by atoms with van der Waals surface area (Å²) in [7, 11) is 1.90. The highest BCUT2D eigenvalue weighted by Gasteiger charge is 2.36. The molecule has 0 radical (unpaired) electrons. The molecule has 1 fully saturated rings. The average Bonchev–Trinajstić information content (AvgIpc) is 3.07. The van der Waals surface area contributed by atoms with Crippen molar-refractivity contribution in [3.05, 3.63) is 51.1 Å². The van der Waals surface area contributed by atoms with Crippen LogP contribution in [0.3, 0.4) is 0 Å². The molecule has 0 unspecified atom stereocenters. The molecular weight excluding hydrogens is 467 g/mol. The van der Waals surface area contributed by atoms with Gasteiger partial charge in [-0.15, -0.1) is 12.4 Å². The minimum atomic E-state index is -0.438. The maximum atomic E-state index is 13.0. The van der Waals surface area contributed by atoms with Crippen molar-refractivity contribution in [2.24, 2.45) is 0 Å². The van der Waals surface area contributed by atoms with Gasteiger partial charge in [0.2, 0.25) is 0 Å². The second-order valence-corrected chi connectivity index (χ2v) is 9.03. The third-order valence-electron chi connectivity index (χ3n) is 6.07. The third kappa shape index (κ3) is 4.64. The Hall–Kier alpha value is -2.45. The van der Waals surface area contributed by atoms with Crippen LogP contribution in [0.15, 0.2) is 39.5 Å². The van der Waals surface area contributed by atoms with Gasteiger partial charge in [-0.2, -0.15) is 0 Å². The van der Waals surface area contributed by atoms with Gasteiger partial charge in [0, 0.05) is 46.9 Å². The number of aromatic hydroxyl groups is 2. The predicted octanol–water partition coefficient (Wildman–Crippen LogP) is 4.55. The van der Waals surface area contributed by atoms with Gasteiger partial charge in [0.1, 0.15) is 28.2 Å². The normalized spacial score (nSPS) is 18.6. The van der Waals surface area contributed by atoms with Crippen LogP contribution in [0.25, 0.3) is 22.3 Å². The number of hydrogen-bond donors (Lipinski definition) is 4. The monoisotopic (exact) mass is 494 g/mol. The highest BCUT2D eigenvalue weighted by Crippen LogP contribution is 2.44. The summed E-state index contributed by atoms with van der Waals surface area (Å²) in [6.07, 6.45) is 0.666. The van der Waals surface area contributed by atoms with Crippen molar-refractivity contribution in [3.8, 4) is 22.8 Å². The number of benzene rings is 2. The summed E-state index contributed by atoms with van der Waals surface area (Å²) in [5, 5.41) is 34.7. The van der Waals surface area contributed by atoms with E-state index in [1.807, 2.05) is 31.9 Å². The van der Waals surface area contributed by atoms with E-state index in [0.29, 0.717) is 22.6 Å². The van der Waals surface area contributed by atoms with Gasteiger partial charge in [0.15, 0.2) is 5.43 Å². The number of hydrogen-bond acceptors (Lipinski definition) is 7. The molecule has 178 valence electrons. The molecule has 0 amide bonds. The Labute approximate surface area is 203 Å². The van der Waals surface area contributed by atoms with Crippen molar-refractivity contribution in [1.29, 1.82) is 0 Å². The van der Waals surface area contributed by atoms with E-state index in [1.54, 1.807) is 12.1 Å². The van der Waals surface area contributed by atoms with Crippen LogP contribution in [0.5, 0.6) is 11.5 Å². The summed E-state index contributed by atoms with van der Waals surface area (Å²) < 4.78 is 6.14. The molecule has 9 heteroatoms. The van der Waals surface area contributed by atoms with E-state index >= 15 is 0 Å². The molecule has 0 aliphatic carbocycles. The fourth-order valence-electron chi connectivity index (χ4n) is 4.56. The summed E-state index contributed by atoms with van der Waals surface area (Å²) in [4.78, 5) is 15.0. The van der Waals surface area contributed by atoms with Crippen LogP contribution in [0.2, 0.25) is 5.02 Å². The number of nitrogens with one attached hydrogen (secondary N) is 1. The molecule has 1 aromatic heterocycles. The molecule has 1 aliphatic rings. The van der Waals surface area contributed by atoms with E-state index in [1.165, 1.54) is 12.1 Å². The van der Waals surface area contributed by atoms with Crippen LogP contribution in [0.4, 0.5) is 5.69 Å². The third-order valence-corrected chi connectivity index (χ3v) is 6.38. The Morgan fingerprint density at radius 2 is 1.94 bits per heavy atom. The number of phenolic OH excluding ortho intramolecular Hbond substituents is 2. The SMILES string of the molecule is CC(C)Nc1ccc(-c2cc(=O)c3c(O)cc(O)c([C@H]4CCN(C)[C@@H]4CO)c3o2)c(Cl)c1.Cl. The Morgan fingerprint density at radius 3 is 2.58 bits per heavy atom. The highest BCUT2D eigenvalue weighted by molar-refractivity contribution is 6.33. The van der Waals surface area contributed by atoms with Gasteiger partial charge in [0.05, 0.1) is 11.6 Å². The van der Waals surface area contributed by atoms with E-state index in [9.17, 15) is 20.1 Å². The lowest BCUT2D eigenvalue weighted by molar-refractivity contribution is 0.172. The van der Waals surface area contributed by atoms with Gasteiger partial charge in [0.25, 0.3) is 0 Å². The maximum Gasteiger partial charge on any atom is 0.197 e. The van der Waals surface area contributed by atoms with Crippen molar-refractivity contribution in [2.45, 2.75) is 38.3 Å². The lowest BCUT2D eigenvalue weighted by atomic mass is 9.89. The zero-order valence-corrected chi connectivity index (χ0v) is 20.2. The van der Waals surface area contributed by atoms with Crippen molar-refractivity contribution in [3.63, 3.8) is 0 Å². The lowest BCUT2D eigenvalue weighted by Gasteiger charge is -2.24. The lowest BCUT2D eigenvalue weighted by Crippen LogP contribution is -2.32. The maximum absolute atomic E-state index is 13.0. The largest absolute Gasteiger partial charge is 0.507 e. The Balaban J connectivity index is 0.00000306. The van der Waals surface area contributed by atoms with E-state index in [4.69, 9.17) is 16.0 Å². The number of anilines is 1. The molecule has 0 bridgehead atoms. The van der Waals surface area contributed by atoms with Gasteiger partial charge in [-0.1, -0.05) is 11.6 Å². The minimum absolute atomic E-state index is 0. The van der Waals surface area contributed by atoms with Crippen molar-refractivity contribution in [1.82, 2.24) is 4.90 Å². The highest BCUT2D eigenvalue weighted by atomic mass is 35.5. The topological polar surface area (TPSA) is 106 Å². The Kier molecular flexibility index (Phi) is 7.49. The Bertz CT molecular complexity index is 1230. The first-order chi connectivity index (χ1) is 15.2. The molecular formula is C24H28Cl2N2O5. The van der Waals surface area contributed by atoms with Crippen LogP contribution in [0.1, 0.15) is 31.7 Å². The average molecular weight is 495 g/mol. The molecule has 0 saturated carbocycles. The minimum Gasteiger partial charge on any atom is -0.507 e. The summed E-state index contributed by atoms with van der Waals surface area (Å²) in [6, 6.07) is 7.82. The molecule has 2 aromatic carbocycles. The second kappa shape index (κ2) is 9.81. The number of aliphatic hydroxyl groups excluding tert-OH is 1. The van der Waals surface area contributed by atoms with Crippen molar-refractivity contribution in [2.75, 3.05) is 25.5 Å². The van der Waals surface area contributed by atoms with Crippen LogP contribution in [0, 0.1) is 0 Å². The standard InChI is InChI=1S/C24H27ClN2O5.ClH/c1-12(2)26-13-4-5-14(16(25)8-13)21-10-20(31)23-19(30)9-18(29)22(24(23)32-21)15-6-7-27(3)17(15)11-28;/h4-5,8-10,12,15,17,26,28-30H,6-7,11H2,1-3H3;1H/t15-,17+;/m0./s1. The zero-order chi connectivity index (χ0) is 23.2. The molecule has 1 saturated heterocycles. The molecule has 1 aliphatic heterocycles. The number of halogens is 2. The van der Waals surface area contributed by atoms with Gasteiger partial charge in [-0.05, 0) is 52.1 Å². The number of fused-ring (bicyclic) bond motifs is 1. The van der Waals surface area contributed by atoms with E-state index in [-0.39, 0.29) is 65.2 Å². The molecule has 3 aromatic rings. The fourth-order valence-corrected chi connectivity index (χ4v) is 4.84. The van der Waals surface area contributed by atoms with Crippen molar-refractivity contribution >= 4 is 40.7 Å². The van der Waals surface area contributed by atoms with Crippen LogP contribution >= 0.6 is 24.0 Å². The fraction of sp³-hybridized carbons (Fsp3) is 0.375. The summed E-state index contributed by atoms with van der Waals surface area (Å²) >= 11 is 6.50. The summed E-state index contributed by atoms with van der Waals surface area (Å²) in [6.45, 7) is 4.65. The second-order valence-electron chi connectivity index (χ2n) is 8.63. The van der Waals surface area contributed by atoms with Crippen LogP contribution in [-0.2, 0) is 0 Å². The van der Waals surface area contributed by atoms with Crippen LogP contribution < -0.4 is 10.7 Å². The van der Waals surface area contributed by atoms with Gasteiger partial charge >= 0.3 is 0 Å². The quantitative estimate of drug-likeness (QED) is 0.412. The molecule has 4 rings (SSSR count). The van der Waals surface area contributed by atoms with Gasteiger partial charge in [-0.3, -0.25) is 4.79 Å². The molecule has 2 atom stereocenters. The molecule has 33 heavy (non-hydrogen) atoms. The van der Waals surface area contributed by atoms with E-state index < -0.39 is 5.43 Å². The van der Waals surface area contributed by atoms with Crippen LogP contribution in [-0.4, -0.2) is 52.5 Å². The molecule has 2 heterocycles. The summed E-state index contributed by atoms with van der Waals surface area (Å²) in [5.41, 5.74) is 1.45. The number of rotatable bonds is 5. The number of likely N-dealkylation sites (tertiary alicyclic amines) is 1. The molecule has 7 nitrogen and oxygen atoms in total. The number of aliphatic hydroxyl groups is 1. The molecule has 4 N–H and O–H groups in total. The first-order valence-electron chi connectivity index (χ1n) is 10.6. The smallest absolute Gasteiger partial charge is 0.197 e. The van der Waals surface area contributed by atoms with Gasteiger partial charge < -0.3 is 30.0 Å². The van der Waals surface area contributed by atoms with Crippen molar-refractivity contribution < 1.29 is 19.7 Å². The summed E-state index contributed by atoms with van der Waals surface area (Å²) in [5.74, 6) is -0.547. The first kappa shape index (κ1) is 25.2.